The van der Waals surface area contributed by atoms with E-state index in [1.54, 1.807) is 12.1 Å². The summed E-state index contributed by atoms with van der Waals surface area (Å²) >= 11 is 0. The van der Waals surface area contributed by atoms with Crippen LogP contribution in [0.4, 0.5) is 5.69 Å². The average molecular weight is 527 g/mol. The molecule has 0 spiro atoms. The molecular formula is C30H9B9N2O2. The molecule has 7 aromatic rings. The molecule has 178 valence electrons. The largest absolute Gasteiger partial charge is 0.308 e. The molecule has 7 rings (SSSR count). The number of para-hydroxylation sites is 1. The summed E-state index contributed by atoms with van der Waals surface area (Å²) < 4.78 is 2.09. The Kier molecular flexibility index (Phi) is 6.08. The number of rotatable bonds is 3. The minimum atomic E-state index is -0.596. The van der Waals surface area contributed by atoms with Crippen LogP contribution in [0.2, 0.25) is 0 Å². The minimum absolute atomic E-state index is 0.0243. The molecule has 0 fully saturated rings. The van der Waals surface area contributed by atoms with Crippen molar-refractivity contribution in [1.29, 1.82) is 0 Å². The van der Waals surface area contributed by atoms with Crippen LogP contribution in [0, 0.1) is 10.1 Å². The molecule has 0 aliphatic rings. The van der Waals surface area contributed by atoms with Crippen LogP contribution in [0.5, 0.6) is 0 Å². The second-order valence-electron chi connectivity index (χ2n) is 10.5. The van der Waals surface area contributed by atoms with Crippen LogP contribution in [0.15, 0.2) is 54.6 Å². The topological polar surface area (TPSA) is 47.5 Å². The maximum Gasteiger partial charge on any atom is 0.268 e. The summed E-state index contributed by atoms with van der Waals surface area (Å²) in [4.78, 5) is 11.7. The molecule has 2 heterocycles. The zero-order chi connectivity index (χ0) is 30.6. The van der Waals surface area contributed by atoms with Gasteiger partial charge in [0, 0.05) is 21.5 Å². The molecule has 0 aliphatic heterocycles. The van der Waals surface area contributed by atoms with E-state index in [0.29, 0.717) is 22.1 Å². The highest BCUT2D eigenvalue weighted by Crippen LogP contribution is 2.45. The molecule has 2 aromatic heterocycles. The Balaban J connectivity index is 1.71. The lowest BCUT2D eigenvalue weighted by atomic mass is 9.59. The first-order chi connectivity index (χ1) is 20.5. The summed E-state index contributed by atoms with van der Waals surface area (Å²) in [6, 6.07) is 17.1. The van der Waals surface area contributed by atoms with Crippen LogP contribution in [0.3, 0.4) is 0 Å². The van der Waals surface area contributed by atoms with E-state index in [2.05, 4.69) is 4.40 Å². The number of benzene rings is 5. The van der Waals surface area contributed by atoms with Crippen molar-refractivity contribution in [2.24, 2.45) is 0 Å². The minimum Gasteiger partial charge on any atom is -0.308 e. The normalized spacial score (nSPS) is 11.8. The molecule has 0 amide bonds. The van der Waals surface area contributed by atoms with Crippen molar-refractivity contribution in [3.8, 4) is 22.3 Å². The van der Waals surface area contributed by atoms with Crippen molar-refractivity contribution < 1.29 is 4.92 Å². The highest BCUT2D eigenvalue weighted by atomic mass is 16.6. The van der Waals surface area contributed by atoms with Gasteiger partial charge in [0.25, 0.3) is 5.69 Å². The second-order valence-corrected chi connectivity index (χ2v) is 10.5. The summed E-state index contributed by atoms with van der Waals surface area (Å²) in [5, 5.41) is 15.6. The van der Waals surface area contributed by atoms with Crippen LogP contribution >= 0.6 is 0 Å². The van der Waals surface area contributed by atoms with Gasteiger partial charge in [0.05, 0.1) is 27.0 Å². The third kappa shape index (κ3) is 3.51. The van der Waals surface area contributed by atoms with Gasteiger partial charge in [-0.3, -0.25) is 10.1 Å². The Labute approximate surface area is 259 Å². The monoisotopic (exact) mass is 528 g/mol. The molecule has 0 aliphatic carbocycles. The molecule has 0 unspecified atom stereocenters. The molecule has 0 atom stereocenters. The SMILES string of the molecule is [B]c1c([B])c([B])c(-c2ccc3c4c(-c5c([B])c([B])c([B])c([B])c5[N+](=O)[O-])cccc4n4c5ccccc5c2c34)c([B])c1[B]. The molecule has 18 radical (unpaired) electrons. The van der Waals surface area contributed by atoms with Crippen molar-refractivity contribution in [2.45, 2.75) is 0 Å². The van der Waals surface area contributed by atoms with Gasteiger partial charge in [-0.1, -0.05) is 58.9 Å². The van der Waals surface area contributed by atoms with Gasteiger partial charge >= 0.3 is 0 Å². The Hall–Kier alpha value is -4.12. The summed E-state index contributed by atoms with van der Waals surface area (Å²) in [6.07, 6.45) is 0. The van der Waals surface area contributed by atoms with Crippen LogP contribution in [-0.2, 0) is 0 Å². The van der Waals surface area contributed by atoms with E-state index in [0.717, 1.165) is 32.7 Å². The molecule has 0 saturated carbocycles. The van der Waals surface area contributed by atoms with E-state index in [9.17, 15) is 10.1 Å². The molecule has 0 bridgehead atoms. The van der Waals surface area contributed by atoms with E-state index in [1.807, 2.05) is 42.5 Å². The van der Waals surface area contributed by atoms with E-state index in [1.165, 1.54) is 0 Å². The van der Waals surface area contributed by atoms with Crippen molar-refractivity contribution in [3.05, 3.63) is 64.7 Å². The van der Waals surface area contributed by atoms with Gasteiger partial charge in [-0.25, -0.2) is 0 Å². The maximum atomic E-state index is 12.3. The third-order valence-electron chi connectivity index (χ3n) is 8.42. The fourth-order valence-electron chi connectivity index (χ4n) is 6.39. The van der Waals surface area contributed by atoms with Gasteiger partial charge < -0.3 is 4.40 Å². The number of hydrogen-bond donors (Lipinski definition) is 0. The molecule has 0 N–H and O–H groups in total. The lowest BCUT2D eigenvalue weighted by molar-refractivity contribution is -0.382. The van der Waals surface area contributed by atoms with Crippen LogP contribution in [-0.4, -0.2) is 79.9 Å². The molecular weight excluding hydrogens is 518 g/mol. The average Bonchev–Trinajstić information content (AvgIpc) is 3.52. The summed E-state index contributed by atoms with van der Waals surface area (Å²) in [7, 11) is 56.3. The summed E-state index contributed by atoms with van der Waals surface area (Å²) in [5.74, 6) is 0. The Morgan fingerprint density at radius 2 is 1.05 bits per heavy atom. The van der Waals surface area contributed by atoms with Gasteiger partial charge in [0.1, 0.15) is 70.6 Å². The van der Waals surface area contributed by atoms with E-state index >= 15 is 0 Å². The van der Waals surface area contributed by atoms with E-state index in [-0.39, 0.29) is 54.7 Å². The van der Waals surface area contributed by atoms with Crippen LogP contribution in [0.25, 0.3) is 60.3 Å². The Morgan fingerprint density at radius 1 is 0.512 bits per heavy atom. The molecule has 5 aromatic carbocycles. The highest BCUT2D eigenvalue weighted by Gasteiger charge is 2.28. The number of aromatic nitrogens is 1. The van der Waals surface area contributed by atoms with Crippen molar-refractivity contribution in [1.82, 2.24) is 4.40 Å². The fourth-order valence-corrected chi connectivity index (χ4v) is 6.39. The van der Waals surface area contributed by atoms with E-state index < -0.39 is 10.6 Å². The second kappa shape index (κ2) is 9.44. The van der Waals surface area contributed by atoms with Crippen molar-refractivity contribution >= 4 is 164 Å². The first kappa shape index (κ1) is 27.7. The summed E-state index contributed by atoms with van der Waals surface area (Å²) in [5.41, 5.74) is 4.18. The van der Waals surface area contributed by atoms with Gasteiger partial charge in [-0.15, -0.1) is 27.3 Å². The van der Waals surface area contributed by atoms with Gasteiger partial charge in [0.15, 0.2) is 0 Å². The van der Waals surface area contributed by atoms with Gasteiger partial charge in [-0.05, 0) is 34.3 Å². The van der Waals surface area contributed by atoms with E-state index in [4.69, 9.17) is 70.6 Å². The number of fused-ring (bicyclic) bond motifs is 6. The number of nitrogens with zero attached hydrogens (tertiary/aromatic N) is 2. The quantitative estimate of drug-likeness (QED) is 0.142. The molecule has 43 heavy (non-hydrogen) atoms. The highest BCUT2D eigenvalue weighted by molar-refractivity contribution is 6.69. The van der Waals surface area contributed by atoms with Gasteiger partial charge in [-0.2, -0.15) is 0 Å². The number of nitro benzene ring substituents is 1. The first-order valence-corrected chi connectivity index (χ1v) is 13.1. The van der Waals surface area contributed by atoms with Crippen molar-refractivity contribution in [2.75, 3.05) is 0 Å². The molecule has 4 nitrogen and oxygen atoms in total. The zero-order valence-electron chi connectivity index (χ0n) is 22.6. The standard InChI is InChI=1S/C30H9B9N2O2/c31-20-18(21(32)24(35)26(37)23(20)34)12-8-9-13-16-11(19-22(33)25(36)27(38)28(39)30(19)41(42)43)5-3-7-15(16)40-14-6-2-1-4-10(14)17(12)29(13)40/h1-9H. The lowest BCUT2D eigenvalue weighted by Crippen LogP contribution is -2.55. The fraction of sp³-hybridized carbons (Fsp3) is 0. The third-order valence-corrected chi connectivity index (χ3v) is 8.42. The maximum absolute atomic E-state index is 12.3. The van der Waals surface area contributed by atoms with Crippen LogP contribution < -0.4 is 49.2 Å². The predicted octanol–water partition coefficient (Wildman–Crippen LogP) is -2.78. The predicted molar refractivity (Wildman–Crippen MR) is 187 cm³/mol. The Morgan fingerprint density at radius 3 is 1.70 bits per heavy atom. The Bertz CT molecular complexity index is 2350. The van der Waals surface area contributed by atoms with Crippen molar-refractivity contribution in [3.63, 3.8) is 0 Å². The zero-order valence-corrected chi connectivity index (χ0v) is 22.6. The molecule has 13 heteroatoms. The number of hydrogen-bond acceptors (Lipinski definition) is 2. The smallest absolute Gasteiger partial charge is 0.268 e. The summed E-state index contributed by atoms with van der Waals surface area (Å²) in [6.45, 7) is 0. The van der Waals surface area contributed by atoms with Gasteiger partial charge in [0.2, 0.25) is 0 Å². The lowest BCUT2D eigenvalue weighted by Gasteiger charge is -2.22. The first-order valence-electron chi connectivity index (χ1n) is 13.1. The molecule has 0 saturated heterocycles. The number of nitro groups is 1. The van der Waals surface area contributed by atoms with Crippen LogP contribution in [0.1, 0.15) is 0 Å².